The third-order valence-electron chi connectivity index (χ3n) is 8.81. The highest BCUT2D eigenvalue weighted by molar-refractivity contribution is 6.92. The zero-order valence-electron chi connectivity index (χ0n) is 21.9. The van der Waals surface area contributed by atoms with Gasteiger partial charge in [-0.1, -0.05) is 134 Å². The maximum atomic E-state index is 16.4. The molecule has 1 aliphatic heterocycles. The molecule has 1 fully saturated rings. The van der Waals surface area contributed by atoms with E-state index in [1.165, 1.54) is 67.9 Å². The highest BCUT2D eigenvalue weighted by Gasteiger charge is 2.39. The summed E-state index contributed by atoms with van der Waals surface area (Å²) in [5.41, 5.74) is 1.80. The molecule has 0 saturated carbocycles. The van der Waals surface area contributed by atoms with Gasteiger partial charge in [0.15, 0.2) is 5.67 Å². The van der Waals surface area contributed by atoms with Crippen LogP contribution in [0.2, 0.25) is 18.1 Å². The van der Waals surface area contributed by atoms with Crippen molar-refractivity contribution in [1.29, 1.82) is 0 Å². The number of hydrogen-bond acceptors (Lipinski definition) is 0. The Balaban J connectivity index is 1.32. The van der Waals surface area contributed by atoms with Crippen LogP contribution in [0.3, 0.4) is 0 Å². The van der Waals surface area contributed by atoms with Crippen molar-refractivity contribution in [3.05, 3.63) is 120 Å². The molecule has 1 unspecified atom stereocenters. The molecule has 3 aromatic carbocycles. The highest BCUT2D eigenvalue weighted by Crippen LogP contribution is 2.46. The Morgan fingerprint density at radius 2 is 1.57 bits per heavy atom. The minimum Gasteiger partial charge on any atom is -0.233 e. The summed E-state index contributed by atoms with van der Waals surface area (Å²) in [6.07, 6.45) is 12.4. The van der Waals surface area contributed by atoms with Crippen molar-refractivity contribution in [2.75, 3.05) is 0 Å². The lowest BCUT2D eigenvalue weighted by Gasteiger charge is -2.39. The van der Waals surface area contributed by atoms with Gasteiger partial charge in [-0.15, -0.1) is 0 Å². The van der Waals surface area contributed by atoms with Crippen LogP contribution in [0.5, 0.6) is 0 Å². The molecule has 0 radical (unpaired) electrons. The van der Waals surface area contributed by atoms with Crippen molar-refractivity contribution in [1.82, 2.24) is 0 Å². The fourth-order valence-corrected chi connectivity index (χ4v) is 11.8. The van der Waals surface area contributed by atoms with Gasteiger partial charge in [0.25, 0.3) is 0 Å². The van der Waals surface area contributed by atoms with E-state index >= 15 is 4.39 Å². The predicted octanol–water partition coefficient (Wildman–Crippen LogP) is 9.46. The Hall–Kier alpha value is -2.78. The Morgan fingerprint density at radius 3 is 2.24 bits per heavy atom. The molecule has 37 heavy (non-hydrogen) atoms. The van der Waals surface area contributed by atoms with Gasteiger partial charge in [0, 0.05) is 12.0 Å². The Bertz CT molecular complexity index is 1220. The summed E-state index contributed by atoms with van der Waals surface area (Å²) < 4.78 is 29.9. The standard InChI is InChI=1S/C34H38F2Si/c1-2-3-9-24-37(32-10-5-4-6-11-32)25-21-28(22-26-37)27-13-15-29(16-14-27)33-12-7-8-23-34(33,36)30-17-19-31(35)20-18-30/h4-8,10-20,28H,2-3,9,21-26H2,1H3. The molecule has 3 heteroatoms. The van der Waals surface area contributed by atoms with E-state index in [1.807, 2.05) is 18.2 Å². The lowest BCUT2D eigenvalue weighted by molar-refractivity contribution is 0.249. The summed E-state index contributed by atoms with van der Waals surface area (Å²) in [6, 6.07) is 30.0. The predicted molar refractivity (Wildman–Crippen MR) is 155 cm³/mol. The number of halogens is 2. The molecule has 2 aliphatic rings. The Morgan fingerprint density at radius 1 is 0.865 bits per heavy atom. The van der Waals surface area contributed by atoms with E-state index in [2.05, 4.69) is 61.5 Å². The molecule has 0 bridgehead atoms. The summed E-state index contributed by atoms with van der Waals surface area (Å²) in [5.74, 6) is 0.239. The molecule has 0 nitrogen and oxygen atoms in total. The van der Waals surface area contributed by atoms with E-state index in [4.69, 9.17) is 0 Å². The van der Waals surface area contributed by atoms with Crippen LogP contribution in [-0.2, 0) is 5.67 Å². The number of benzene rings is 3. The number of rotatable bonds is 8. The molecule has 0 amide bonds. The smallest absolute Gasteiger partial charge is 0.165 e. The van der Waals surface area contributed by atoms with Crippen LogP contribution in [0.4, 0.5) is 8.78 Å². The van der Waals surface area contributed by atoms with E-state index < -0.39 is 13.7 Å². The number of alkyl halides is 1. The molecule has 1 aliphatic carbocycles. The summed E-state index contributed by atoms with van der Waals surface area (Å²) in [6.45, 7) is 2.30. The minimum atomic E-state index is -1.64. The van der Waals surface area contributed by atoms with Crippen molar-refractivity contribution in [2.45, 2.75) is 75.2 Å². The second-order valence-electron chi connectivity index (χ2n) is 11.0. The second kappa shape index (κ2) is 11.3. The van der Waals surface area contributed by atoms with E-state index in [-0.39, 0.29) is 12.2 Å². The average Bonchev–Trinajstić information content (AvgIpc) is 2.95. The van der Waals surface area contributed by atoms with E-state index in [1.54, 1.807) is 17.3 Å². The van der Waals surface area contributed by atoms with Crippen LogP contribution in [-0.4, -0.2) is 8.07 Å². The monoisotopic (exact) mass is 512 g/mol. The van der Waals surface area contributed by atoms with Crippen LogP contribution >= 0.6 is 0 Å². The lowest BCUT2D eigenvalue weighted by Crippen LogP contribution is -2.49. The van der Waals surface area contributed by atoms with E-state index in [0.717, 1.165) is 5.56 Å². The van der Waals surface area contributed by atoms with E-state index in [0.29, 0.717) is 17.1 Å². The maximum Gasteiger partial charge on any atom is 0.165 e. The Labute approximate surface area is 222 Å². The van der Waals surface area contributed by atoms with Crippen LogP contribution in [0.25, 0.3) is 5.57 Å². The van der Waals surface area contributed by atoms with Gasteiger partial charge in [-0.05, 0) is 47.6 Å². The summed E-state index contributed by atoms with van der Waals surface area (Å²) in [4.78, 5) is 0. The van der Waals surface area contributed by atoms with Crippen molar-refractivity contribution in [3.63, 3.8) is 0 Å². The van der Waals surface area contributed by atoms with Crippen molar-refractivity contribution in [3.8, 4) is 0 Å². The topological polar surface area (TPSA) is 0 Å². The fraction of sp³-hybridized carbons (Fsp3) is 0.353. The molecule has 1 heterocycles. The maximum absolute atomic E-state index is 16.4. The van der Waals surface area contributed by atoms with Crippen molar-refractivity contribution < 1.29 is 8.78 Å². The quantitative estimate of drug-likeness (QED) is 0.208. The molecule has 0 spiro atoms. The van der Waals surface area contributed by atoms with Gasteiger partial charge in [0.2, 0.25) is 0 Å². The average molecular weight is 513 g/mol. The van der Waals surface area contributed by atoms with Gasteiger partial charge in [-0.2, -0.15) is 0 Å². The first-order valence-corrected chi connectivity index (χ1v) is 16.6. The van der Waals surface area contributed by atoms with Crippen molar-refractivity contribution >= 4 is 18.8 Å². The fourth-order valence-electron chi connectivity index (χ4n) is 6.58. The summed E-state index contributed by atoms with van der Waals surface area (Å²) >= 11 is 0. The molecule has 1 saturated heterocycles. The summed E-state index contributed by atoms with van der Waals surface area (Å²) in [5, 5.41) is 1.65. The van der Waals surface area contributed by atoms with Gasteiger partial charge in [-0.3, -0.25) is 0 Å². The molecule has 1 atom stereocenters. The first-order valence-electron chi connectivity index (χ1n) is 14.0. The number of allylic oxidation sites excluding steroid dienone is 4. The molecule has 0 aromatic heterocycles. The molecule has 192 valence electrons. The van der Waals surface area contributed by atoms with Gasteiger partial charge < -0.3 is 0 Å². The van der Waals surface area contributed by atoms with E-state index in [9.17, 15) is 4.39 Å². The number of hydrogen-bond donors (Lipinski definition) is 0. The molecule has 3 aromatic rings. The van der Waals surface area contributed by atoms with Crippen LogP contribution in [0.15, 0.2) is 97.1 Å². The molecular formula is C34H38F2Si. The van der Waals surface area contributed by atoms with Gasteiger partial charge >= 0.3 is 0 Å². The first kappa shape index (κ1) is 25.8. The molecule has 0 N–H and O–H groups in total. The third kappa shape index (κ3) is 5.43. The van der Waals surface area contributed by atoms with Gasteiger partial charge in [0.1, 0.15) is 5.82 Å². The molecule has 5 rings (SSSR count). The van der Waals surface area contributed by atoms with Crippen molar-refractivity contribution in [2.24, 2.45) is 0 Å². The van der Waals surface area contributed by atoms with Crippen LogP contribution < -0.4 is 5.19 Å². The number of unbranched alkanes of at least 4 members (excludes halogenated alkanes) is 2. The second-order valence-corrected chi connectivity index (χ2v) is 15.7. The lowest BCUT2D eigenvalue weighted by atomic mass is 9.78. The normalized spacial score (nSPS) is 25.6. The van der Waals surface area contributed by atoms with Crippen LogP contribution in [0, 0.1) is 5.82 Å². The third-order valence-corrected chi connectivity index (χ3v) is 14.2. The Kier molecular flexibility index (Phi) is 7.90. The van der Waals surface area contributed by atoms with Gasteiger partial charge in [-0.25, -0.2) is 8.78 Å². The van der Waals surface area contributed by atoms with Gasteiger partial charge in [0.05, 0.1) is 8.07 Å². The zero-order valence-corrected chi connectivity index (χ0v) is 22.9. The SMILES string of the molecule is CCCCC[Si]1(c2ccccc2)CCC(c2ccc(C3=CC=CCC3(F)c3ccc(F)cc3)cc2)CC1. The molecular weight excluding hydrogens is 474 g/mol. The summed E-state index contributed by atoms with van der Waals surface area (Å²) in [7, 11) is -1.46. The zero-order chi connectivity index (χ0) is 25.7. The minimum absolute atomic E-state index is 0.263. The highest BCUT2D eigenvalue weighted by atomic mass is 28.3. The van der Waals surface area contributed by atoms with Crippen LogP contribution in [0.1, 0.15) is 68.1 Å². The largest absolute Gasteiger partial charge is 0.233 e. The first-order chi connectivity index (χ1) is 18.0.